The van der Waals surface area contributed by atoms with Crippen LogP contribution in [0.3, 0.4) is 0 Å². The summed E-state index contributed by atoms with van der Waals surface area (Å²) in [4.78, 5) is 10.1. The zero-order chi connectivity index (χ0) is 8.85. The van der Waals surface area contributed by atoms with E-state index in [1.165, 1.54) is 0 Å². The second-order valence-corrected chi connectivity index (χ2v) is 2.30. The first-order valence-electron chi connectivity index (χ1n) is 3.32. The zero-order valence-corrected chi connectivity index (χ0v) is 6.98. The molecule has 1 amide bonds. The summed E-state index contributed by atoms with van der Waals surface area (Å²) < 4.78 is 0. The van der Waals surface area contributed by atoms with Gasteiger partial charge in [-0.2, -0.15) is 0 Å². The third-order valence-corrected chi connectivity index (χ3v) is 1.33. The van der Waals surface area contributed by atoms with Crippen molar-refractivity contribution in [3.05, 3.63) is 36.1 Å². The number of rotatable bonds is 4. The predicted octanol–water partition coefficient (Wildman–Crippen LogP) is 1.77. The number of carbonyl (C=O) groups is 1. The molecule has 1 N–H and O–H groups in total. The van der Waals surface area contributed by atoms with E-state index in [4.69, 9.17) is 0 Å². The van der Waals surface area contributed by atoms with Crippen LogP contribution < -0.4 is 5.32 Å². The highest BCUT2D eigenvalue weighted by Gasteiger charge is 1.98. The fraction of sp³-hybridized carbons (Fsp3) is 0.222. The van der Waals surface area contributed by atoms with Crippen molar-refractivity contribution in [1.82, 2.24) is 5.32 Å². The number of amides is 1. The Labute approximate surface area is 67.3 Å². The first-order valence-corrected chi connectivity index (χ1v) is 3.32. The predicted molar refractivity (Wildman–Crippen MR) is 46.9 cm³/mol. The summed E-state index contributed by atoms with van der Waals surface area (Å²) in [7, 11) is 0. The van der Waals surface area contributed by atoms with Gasteiger partial charge in [0.2, 0.25) is 6.41 Å². The Morgan fingerprint density at radius 3 is 2.27 bits per heavy atom. The lowest BCUT2D eigenvalue weighted by Crippen LogP contribution is -2.12. The van der Waals surface area contributed by atoms with Gasteiger partial charge in [-0.1, -0.05) is 19.2 Å². The van der Waals surface area contributed by atoms with Crippen molar-refractivity contribution in [2.45, 2.75) is 13.8 Å². The second-order valence-electron chi connectivity index (χ2n) is 2.30. The van der Waals surface area contributed by atoms with Gasteiger partial charge < -0.3 is 5.32 Å². The van der Waals surface area contributed by atoms with Crippen LogP contribution in [0.25, 0.3) is 0 Å². The Morgan fingerprint density at radius 2 is 2.00 bits per heavy atom. The van der Waals surface area contributed by atoms with Crippen LogP contribution in [0.1, 0.15) is 13.8 Å². The smallest absolute Gasteiger partial charge is 0.211 e. The molecule has 0 unspecified atom stereocenters. The summed E-state index contributed by atoms with van der Waals surface area (Å²) >= 11 is 0. The largest absolute Gasteiger partial charge is 0.328 e. The third kappa shape index (κ3) is 2.85. The first kappa shape index (κ1) is 9.69. The molecule has 0 fully saturated rings. The summed E-state index contributed by atoms with van der Waals surface area (Å²) in [6.07, 6.45) is 2.32. The molecule has 0 aliphatic rings. The van der Waals surface area contributed by atoms with Crippen molar-refractivity contribution in [2.75, 3.05) is 0 Å². The van der Waals surface area contributed by atoms with Crippen LogP contribution >= 0.6 is 0 Å². The number of allylic oxidation sites excluding steroid dienone is 3. The van der Waals surface area contributed by atoms with Gasteiger partial charge in [-0.3, -0.25) is 4.79 Å². The molecule has 11 heavy (non-hydrogen) atoms. The first-order chi connectivity index (χ1) is 5.13. The Bertz CT molecular complexity index is 214. The molecule has 0 spiro atoms. The highest BCUT2D eigenvalue weighted by Crippen LogP contribution is 2.08. The van der Waals surface area contributed by atoms with E-state index in [1.807, 2.05) is 13.8 Å². The van der Waals surface area contributed by atoms with E-state index in [2.05, 4.69) is 18.5 Å². The second kappa shape index (κ2) is 4.50. The Morgan fingerprint density at radius 1 is 1.45 bits per heavy atom. The fourth-order valence-electron chi connectivity index (χ4n) is 0.735. The molecule has 0 aliphatic carbocycles. The lowest BCUT2D eigenvalue weighted by atomic mass is 10.1. The molecule has 0 heterocycles. The zero-order valence-electron chi connectivity index (χ0n) is 6.98. The lowest BCUT2D eigenvalue weighted by Gasteiger charge is -2.06. The molecule has 0 aromatic rings. The molecular weight excluding hydrogens is 138 g/mol. The minimum Gasteiger partial charge on any atom is -0.328 e. The van der Waals surface area contributed by atoms with Crippen LogP contribution in [0.5, 0.6) is 0 Å². The molecule has 0 atom stereocenters. The van der Waals surface area contributed by atoms with Crippen LogP contribution in [0.15, 0.2) is 36.1 Å². The average Bonchev–Trinajstić information content (AvgIpc) is 1.98. The van der Waals surface area contributed by atoms with E-state index in [0.717, 1.165) is 16.8 Å². The van der Waals surface area contributed by atoms with Gasteiger partial charge in [0.1, 0.15) is 0 Å². The van der Waals surface area contributed by atoms with Crippen molar-refractivity contribution in [3.8, 4) is 0 Å². The minimum atomic E-state index is 0.636. The van der Waals surface area contributed by atoms with Gasteiger partial charge in [-0.15, -0.1) is 0 Å². The summed E-state index contributed by atoms with van der Waals surface area (Å²) in [5, 5.41) is 2.56. The molecule has 0 saturated heterocycles. The van der Waals surface area contributed by atoms with Crippen LogP contribution in [0, 0.1) is 0 Å². The molecule has 60 valence electrons. The third-order valence-electron chi connectivity index (χ3n) is 1.33. The number of hydrogen-bond acceptors (Lipinski definition) is 1. The molecule has 0 saturated carbocycles. The van der Waals surface area contributed by atoms with E-state index >= 15 is 0 Å². The highest BCUT2D eigenvalue weighted by atomic mass is 16.1. The van der Waals surface area contributed by atoms with Gasteiger partial charge in [-0.05, 0) is 25.0 Å². The van der Waals surface area contributed by atoms with Crippen LogP contribution in [-0.2, 0) is 4.79 Å². The molecule has 0 aromatic carbocycles. The van der Waals surface area contributed by atoms with Gasteiger partial charge in [0, 0.05) is 5.70 Å². The summed E-state index contributed by atoms with van der Waals surface area (Å²) in [6.45, 7) is 11.0. The number of nitrogens with one attached hydrogen (secondary N) is 1. The van der Waals surface area contributed by atoms with E-state index in [0.29, 0.717) is 6.41 Å². The maximum Gasteiger partial charge on any atom is 0.211 e. The van der Waals surface area contributed by atoms with Crippen molar-refractivity contribution < 1.29 is 4.79 Å². The van der Waals surface area contributed by atoms with Gasteiger partial charge in [0.15, 0.2) is 0 Å². The van der Waals surface area contributed by atoms with Gasteiger partial charge >= 0.3 is 0 Å². The van der Waals surface area contributed by atoms with E-state index in [1.54, 1.807) is 6.08 Å². The topological polar surface area (TPSA) is 29.1 Å². The van der Waals surface area contributed by atoms with E-state index < -0.39 is 0 Å². The Kier molecular flexibility index (Phi) is 3.96. The van der Waals surface area contributed by atoms with Crippen LogP contribution in [0.4, 0.5) is 0 Å². The normalized spacial score (nSPS) is 11.5. The highest BCUT2D eigenvalue weighted by molar-refractivity contribution is 5.54. The maximum absolute atomic E-state index is 10.1. The minimum absolute atomic E-state index is 0.636. The Balaban J connectivity index is 4.70. The van der Waals surface area contributed by atoms with Gasteiger partial charge in [0.05, 0.1) is 0 Å². The summed E-state index contributed by atoms with van der Waals surface area (Å²) in [6, 6.07) is 0. The van der Waals surface area contributed by atoms with Gasteiger partial charge in [0.25, 0.3) is 0 Å². The van der Waals surface area contributed by atoms with Crippen LogP contribution in [0.2, 0.25) is 0 Å². The Hall–Kier alpha value is -1.31. The quantitative estimate of drug-likeness (QED) is 0.481. The molecule has 0 aromatic heterocycles. The number of carbonyl (C=O) groups excluding carboxylic acids is 1. The van der Waals surface area contributed by atoms with Crippen molar-refractivity contribution >= 4 is 6.41 Å². The van der Waals surface area contributed by atoms with Crippen molar-refractivity contribution in [3.63, 3.8) is 0 Å². The molecular formula is C9H13NO. The summed E-state index contributed by atoms with van der Waals surface area (Å²) in [5.41, 5.74) is 2.49. The van der Waals surface area contributed by atoms with Gasteiger partial charge in [-0.25, -0.2) is 0 Å². The van der Waals surface area contributed by atoms with Crippen molar-refractivity contribution in [1.29, 1.82) is 0 Å². The molecule has 0 radical (unpaired) electrons. The summed E-state index contributed by atoms with van der Waals surface area (Å²) in [5.74, 6) is 0. The van der Waals surface area contributed by atoms with Crippen LogP contribution in [-0.4, -0.2) is 6.41 Å². The standard InChI is InChI=1S/C9H13NO/c1-5-8(4)9(7(2)3)10-6-11/h5-6H,1-2H2,3-4H3,(H,10,11)/b9-8+. The number of hydrogen-bond donors (Lipinski definition) is 1. The van der Waals surface area contributed by atoms with Crippen molar-refractivity contribution in [2.24, 2.45) is 0 Å². The molecule has 0 rings (SSSR count). The maximum atomic E-state index is 10.1. The SMILES string of the molecule is C=C/C(C)=C(/NC=O)C(=C)C. The monoisotopic (exact) mass is 151 g/mol. The molecule has 2 nitrogen and oxygen atoms in total. The lowest BCUT2D eigenvalue weighted by molar-refractivity contribution is -0.108. The van der Waals surface area contributed by atoms with E-state index in [-0.39, 0.29) is 0 Å². The average molecular weight is 151 g/mol. The fourth-order valence-corrected chi connectivity index (χ4v) is 0.735. The molecule has 2 heteroatoms. The molecule has 0 aliphatic heterocycles. The van der Waals surface area contributed by atoms with E-state index in [9.17, 15) is 4.79 Å². The molecule has 0 bridgehead atoms.